The zero-order valence-corrected chi connectivity index (χ0v) is 12.5. The lowest BCUT2D eigenvalue weighted by atomic mass is 10.0. The van der Waals surface area contributed by atoms with Gasteiger partial charge in [-0.3, -0.25) is 0 Å². The molecule has 0 aromatic carbocycles. The highest BCUT2D eigenvalue weighted by Gasteiger charge is 2.52. The number of ether oxygens (including phenoxy) is 1. The first-order valence-electron chi connectivity index (χ1n) is 7.07. The molecule has 1 aliphatic rings. The fourth-order valence-corrected chi connectivity index (χ4v) is 2.77. The van der Waals surface area contributed by atoms with E-state index < -0.39 is 36.6 Å². The predicted octanol–water partition coefficient (Wildman–Crippen LogP) is 0.375. The largest absolute Gasteiger partial charge is 0.387 e. The van der Waals surface area contributed by atoms with E-state index in [4.69, 9.17) is 4.74 Å². The van der Waals surface area contributed by atoms with Crippen LogP contribution in [0.5, 0.6) is 0 Å². The molecular weight excluding hydrogens is 312 g/mol. The van der Waals surface area contributed by atoms with Gasteiger partial charge < -0.3 is 24.6 Å². The smallest absolute Gasteiger partial charge is 0.273 e. The lowest BCUT2D eigenvalue weighted by Crippen LogP contribution is -2.47. The summed E-state index contributed by atoms with van der Waals surface area (Å²) >= 11 is 0. The summed E-state index contributed by atoms with van der Waals surface area (Å²) in [6.07, 6.45) is -5.24. The first-order valence-corrected chi connectivity index (χ1v) is 7.07. The van der Waals surface area contributed by atoms with Crippen molar-refractivity contribution in [3.05, 3.63) is 24.3 Å². The highest BCUT2D eigenvalue weighted by Crippen LogP contribution is 2.36. The minimum Gasteiger partial charge on any atom is -0.387 e. The van der Waals surface area contributed by atoms with Gasteiger partial charge in [-0.2, -0.15) is 0 Å². The van der Waals surface area contributed by atoms with Gasteiger partial charge in [0.1, 0.15) is 36.4 Å². The molecule has 1 saturated heterocycles. The second-order valence-corrected chi connectivity index (χ2v) is 5.79. The quantitative estimate of drug-likeness (QED) is 0.752. The summed E-state index contributed by atoms with van der Waals surface area (Å²) in [7, 11) is 0. The zero-order chi connectivity index (χ0) is 16.9. The predicted molar refractivity (Wildman–Crippen MR) is 74.8 cm³/mol. The Morgan fingerprint density at radius 3 is 2.65 bits per heavy atom. The fourth-order valence-electron chi connectivity index (χ4n) is 2.77. The Morgan fingerprint density at radius 1 is 1.30 bits per heavy atom. The average Bonchev–Trinajstić information content (AvgIpc) is 3.02. The lowest BCUT2D eigenvalue weighted by molar-refractivity contribution is -0.172. The summed E-state index contributed by atoms with van der Waals surface area (Å²) in [6.45, 7) is 2.30. The zero-order valence-electron chi connectivity index (χ0n) is 12.5. The van der Waals surface area contributed by atoms with Gasteiger partial charge in [-0.05, 0) is 13.0 Å². The van der Waals surface area contributed by atoms with Gasteiger partial charge in [0.2, 0.25) is 0 Å². The lowest BCUT2D eigenvalue weighted by Gasteiger charge is -2.25. The third-order valence-electron chi connectivity index (χ3n) is 4.09. The molecule has 9 heteroatoms. The van der Waals surface area contributed by atoms with Crippen LogP contribution in [0.1, 0.15) is 18.8 Å². The summed E-state index contributed by atoms with van der Waals surface area (Å²) in [5, 5.41) is 30.5. The summed E-state index contributed by atoms with van der Waals surface area (Å²) in [6, 6.07) is 1.70. The van der Waals surface area contributed by atoms with Crippen molar-refractivity contribution in [3.8, 4) is 0 Å². The van der Waals surface area contributed by atoms with E-state index in [1.807, 2.05) is 0 Å². The molecule has 0 saturated carbocycles. The molecule has 3 rings (SSSR count). The number of aliphatic hydroxyl groups is 3. The maximum Gasteiger partial charge on any atom is 0.273 e. The standard InChI is InChI=1S/C14H17F2N3O4/c1-6-7-3-4-19(12(7)18-5-17-6)13-9(21)8(20)10(23-13)11(22)14(2,15)16/h3-5,8-11,13,20-22H,1-2H3/t8-,9+,10-,11+,13+/m0/s1. The molecule has 0 aliphatic carbocycles. The molecule has 7 nitrogen and oxygen atoms in total. The number of aromatic nitrogens is 3. The topological polar surface area (TPSA) is 101 Å². The summed E-state index contributed by atoms with van der Waals surface area (Å²) in [5.74, 6) is -3.47. The van der Waals surface area contributed by atoms with Gasteiger partial charge in [-0.1, -0.05) is 0 Å². The molecule has 23 heavy (non-hydrogen) atoms. The van der Waals surface area contributed by atoms with Gasteiger partial charge >= 0.3 is 0 Å². The molecule has 0 spiro atoms. The first kappa shape index (κ1) is 16.2. The van der Waals surface area contributed by atoms with Crippen molar-refractivity contribution in [2.45, 2.75) is 50.4 Å². The van der Waals surface area contributed by atoms with Crippen LogP contribution in [0.3, 0.4) is 0 Å². The Kier molecular flexibility index (Phi) is 3.83. The average molecular weight is 329 g/mol. The van der Waals surface area contributed by atoms with Crippen molar-refractivity contribution in [3.63, 3.8) is 0 Å². The van der Waals surface area contributed by atoms with Crippen molar-refractivity contribution in [2.75, 3.05) is 0 Å². The van der Waals surface area contributed by atoms with E-state index >= 15 is 0 Å². The van der Waals surface area contributed by atoms with Crippen molar-refractivity contribution >= 4 is 11.0 Å². The van der Waals surface area contributed by atoms with E-state index in [-0.39, 0.29) is 0 Å². The molecule has 2 aromatic rings. The van der Waals surface area contributed by atoms with Crippen LogP contribution in [-0.2, 0) is 4.74 Å². The number of hydrogen-bond donors (Lipinski definition) is 3. The fraction of sp³-hybridized carbons (Fsp3) is 0.571. The number of hydrogen-bond acceptors (Lipinski definition) is 6. The maximum absolute atomic E-state index is 13.3. The molecule has 3 N–H and O–H groups in total. The van der Waals surface area contributed by atoms with E-state index in [9.17, 15) is 24.1 Å². The highest BCUT2D eigenvalue weighted by atomic mass is 19.3. The number of nitrogens with zero attached hydrogens (tertiary/aromatic N) is 3. The maximum atomic E-state index is 13.3. The van der Waals surface area contributed by atoms with Gasteiger partial charge in [0.05, 0.1) is 5.69 Å². The Morgan fingerprint density at radius 2 is 2.00 bits per heavy atom. The molecule has 0 amide bonds. The SMILES string of the molecule is Cc1ncnc2c1ccn2[C@@H]1O[C@H]([C@@H](O)C(C)(F)F)[C@@H](O)[C@H]1O. The van der Waals surface area contributed by atoms with Gasteiger partial charge in [-0.25, -0.2) is 18.7 Å². The van der Waals surface area contributed by atoms with Gasteiger partial charge in [-0.15, -0.1) is 0 Å². The van der Waals surface area contributed by atoms with Crippen molar-refractivity contribution in [1.82, 2.24) is 14.5 Å². The van der Waals surface area contributed by atoms with Crippen LogP contribution in [0.2, 0.25) is 0 Å². The van der Waals surface area contributed by atoms with Gasteiger partial charge in [0.25, 0.3) is 5.92 Å². The molecule has 1 fully saturated rings. The molecule has 2 aromatic heterocycles. The van der Waals surface area contributed by atoms with Crippen LogP contribution in [-0.4, -0.2) is 60.2 Å². The van der Waals surface area contributed by atoms with Crippen LogP contribution < -0.4 is 0 Å². The highest BCUT2D eigenvalue weighted by molar-refractivity contribution is 5.78. The van der Waals surface area contributed by atoms with Crippen LogP contribution in [0.25, 0.3) is 11.0 Å². The minimum absolute atomic E-state index is 0.437. The Hall–Kier alpha value is -1.68. The number of fused-ring (bicyclic) bond motifs is 1. The molecule has 126 valence electrons. The molecule has 3 heterocycles. The van der Waals surface area contributed by atoms with Gasteiger partial charge in [0, 0.05) is 18.5 Å². The Balaban J connectivity index is 1.96. The van der Waals surface area contributed by atoms with Crippen molar-refractivity contribution in [1.29, 1.82) is 0 Å². The van der Waals surface area contributed by atoms with E-state index in [2.05, 4.69) is 9.97 Å². The van der Waals surface area contributed by atoms with Crippen LogP contribution in [0.4, 0.5) is 8.78 Å². The number of alkyl halides is 2. The van der Waals surface area contributed by atoms with Crippen LogP contribution in [0.15, 0.2) is 18.6 Å². The summed E-state index contributed by atoms with van der Waals surface area (Å²) < 4.78 is 33.4. The second-order valence-electron chi connectivity index (χ2n) is 5.79. The van der Waals surface area contributed by atoms with Crippen molar-refractivity contribution in [2.24, 2.45) is 0 Å². The van der Waals surface area contributed by atoms with Crippen LogP contribution in [0, 0.1) is 6.92 Å². The number of halogens is 2. The van der Waals surface area contributed by atoms with Crippen LogP contribution >= 0.6 is 0 Å². The van der Waals surface area contributed by atoms with Crippen molar-refractivity contribution < 1.29 is 28.8 Å². The molecule has 1 aliphatic heterocycles. The van der Waals surface area contributed by atoms with E-state index in [1.165, 1.54) is 10.9 Å². The molecular formula is C14H17F2N3O4. The van der Waals surface area contributed by atoms with E-state index in [0.29, 0.717) is 23.7 Å². The number of aryl methyl sites for hydroxylation is 1. The monoisotopic (exact) mass is 329 g/mol. The minimum atomic E-state index is -3.47. The van der Waals surface area contributed by atoms with Gasteiger partial charge in [0.15, 0.2) is 6.23 Å². The summed E-state index contributed by atoms with van der Waals surface area (Å²) in [4.78, 5) is 8.13. The Labute approximate surface area is 130 Å². The molecule has 5 atom stereocenters. The number of aliphatic hydroxyl groups excluding tert-OH is 3. The molecule has 0 bridgehead atoms. The van der Waals surface area contributed by atoms with E-state index in [0.717, 1.165) is 0 Å². The molecule has 0 unspecified atom stereocenters. The number of rotatable bonds is 3. The first-order chi connectivity index (χ1) is 10.7. The third kappa shape index (κ3) is 2.59. The van der Waals surface area contributed by atoms with E-state index in [1.54, 1.807) is 19.2 Å². The Bertz CT molecular complexity index is 718. The second kappa shape index (κ2) is 5.45. The molecule has 0 radical (unpaired) electrons. The summed E-state index contributed by atoms with van der Waals surface area (Å²) in [5.41, 5.74) is 1.14. The normalized spacial score (nSPS) is 30.0. The third-order valence-corrected chi connectivity index (χ3v) is 4.09.